The van der Waals surface area contributed by atoms with Crippen molar-refractivity contribution in [3.63, 3.8) is 0 Å². The molecule has 0 heterocycles. The molecule has 1 fully saturated rings. The van der Waals surface area contributed by atoms with Crippen LogP contribution in [0.2, 0.25) is 0 Å². The standard InChI is InChI=1S/C22H27NO4/c24-21(23-17-22(25)12-5-2-6-13-22)27-16-19-10-7-11-20(14-19)26-15-18-8-3-1-4-9-18/h1,3-4,7-11,14,25H,2,5-6,12-13,15-17H2,(H,23,24). The molecule has 5 heteroatoms. The van der Waals surface area contributed by atoms with E-state index in [0.717, 1.165) is 49.0 Å². The summed E-state index contributed by atoms with van der Waals surface area (Å²) in [7, 11) is 0. The van der Waals surface area contributed by atoms with Crippen LogP contribution in [0, 0.1) is 0 Å². The normalized spacial score (nSPS) is 15.7. The van der Waals surface area contributed by atoms with Crippen LogP contribution in [0.25, 0.3) is 0 Å². The first-order chi connectivity index (χ1) is 13.1. The molecule has 1 amide bonds. The van der Waals surface area contributed by atoms with Gasteiger partial charge in [0.2, 0.25) is 0 Å². The number of hydrogen-bond donors (Lipinski definition) is 2. The lowest BCUT2D eigenvalue weighted by Gasteiger charge is -2.31. The molecule has 2 aromatic carbocycles. The Morgan fingerprint density at radius 3 is 2.48 bits per heavy atom. The second-order valence-corrected chi connectivity index (χ2v) is 7.14. The highest BCUT2D eigenvalue weighted by Gasteiger charge is 2.29. The number of rotatable bonds is 7. The maximum Gasteiger partial charge on any atom is 0.407 e. The monoisotopic (exact) mass is 369 g/mol. The van der Waals surface area contributed by atoms with Crippen LogP contribution in [-0.4, -0.2) is 23.3 Å². The first-order valence-electron chi connectivity index (χ1n) is 9.52. The molecule has 1 saturated carbocycles. The largest absolute Gasteiger partial charge is 0.489 e. The summed E-state index contributed by atoms with van der Waals surface area (Å²) in [6.07, 6.45) is 4.11. The number of carbonyl (C=O) groups is 1. The summed E-state index contributed by atoms with van der Waals surface area (Å²) in [6, 6.07) is 17.5. The van der Waals surface area contributed by atoms with E-state index in [1.807, 2.05) is 54.6 Å². The van der Waals surface area contributed by atoms with E-state index < -0.39 is 11.7 Å². The van der Waals surface area contributed by atoms with Gasteiger partial charge in [0.1, 0.15) is 19.0 Å². The van der Waals surface area contributed by atoms with Gasteiger partial charge in [-0.3, -0.25) is 0 Å². The Bertz CT molecular complexity index is 726. The highest BCUT2D eigenvalue weighted by molar-refractivity contribution is 5.67. The number of carbonyl (C=O) groups excluding carboxylic acids is 1. The Kier molecular flexibility index (Phi) is 6.71. The number of ether oxygens (including phenoxy) is 2. The molecule has 0 aliphatic heterocycles. The molecular formula is C22H27NO4. The highest BCUT2D eigenvalue weighted by atomic mass is 16.5. The van der Waals surface area contributed by atoms with Crippen LogP contribution >= 0.6 is 0 Å². The molecule has 5 nitrogen and oxygen atoms in total. The maximum atomic E-state index is 11.9. The van der Waals surface area contributed by atoms with Crippen molar-refractivity contribution in [1.82, 2.24) is 5.32 Å². The Morgan fingerprint density at radius 2 is 1.70 bits per heavy atom. The molecule has 0 spiro atoms. The molecular weight excluding hydrogens is 342 g/mol. The molecule has 1 aliphatic carbocycles. The molecule has 1 aliphatic rings. The number of nitrogens with one attached hydrogen (secondary N) is 1. The van der Waals surface area contributed by atoms with Gasteiger partial charge in [-0.05, 0) is 36.1 Å². The lowest BCUT2D eigenvalue weighted by molar-refractivity contribution is 0.00415. The van der Waals surface area contributed by atoms with Gasteiger partial charge in [0, 0.05) is 6.54 Å². The number of benzene rings is 2. The molecule has 0 bridgehead atoms. The second-order valence-electron chi connectivity index (χ2n) is 7.14. The van der Waals surface area contributed by atoms with Gasteiger partial charge in [0.05, 0.1) is 5.60 Å². The summed E-state index contributed by atoms with van der Waals surface area (Å²) in [5, 5.41) is 13.1. The van der Waals surface area contributed by atoms with Gasteiger partial charge in [-0.25, -0.2) is 4.79 Å². The van der Waals surface area contributed by atoms with Gasteiger partial charge in [0.15, 0.2) is 0 Å². The number of hydrogen-bond acceptors (Lipinski definition) is 4. The summed E-state index contributed by atoms with van der Waals surface area (Å²) in [6.45, 7) is 0.892. The van der Waals surface area contributed by atoms with E-state index in [1.165, 1.54) is 0 Å². The van der Waals surface area contributed by atoms with E-state index in [-0.39, 0.29) is 13.2 Å². The zero-order valence-electron chi connectivity index (χ0n) is 15.5. The second kappa shape index (κ2) is 9.42. The molecule has 0 saturated heterocycles. The number of aliphatic hydroxyl groups is 1. The molecule has 2 N–H and O–H groups in total. The molecule has 27 heavy (non-hydrogen) atoms. The highest BCUT2D eigenvalue weighted by Crippen LogP contribution is 2.27. The first kappa shape index (κ1) is 19.2. The van der Waals surface area contributed by atoms with Crippen molar-refractivity contribution in [3.8, 4) is 5.75 Å². The molecule has 0 unspecified atom stereocenters. The molecule has 144 valence electrons. The van der Waals surface area contributed by atoms with Crippen molar-refractivity contribution in [2.75, 3.05) is 6.54 Å². The molecule has 2 aromatic rings. The van der Waals surface area contributed by atoms with Crippen molar-refractivity contribution < 1.29 is 19.4 Å². The molecule has 0 atom stereocenters. The van der Waals surface area contributed by atoms with Crippen molar-refractivity contribution in [1.29, 1.82) is 0 Å². The average Bonchev–Trinajstić information content (AvgIpc) is 2.71. The average molecular weight is 369 g/mol. The van der Waals surface area contributed by atoms with E-state index in [0.29, 0.717) is 6.61 Å². The third-order valence-corrected chi connectivity index (χ3v) is 4.86. The molecule has 0 aromatic heterocycles. The van der Waals surface area contributed by atoms with Crippen molar-refractivity contribution in [2.24, 2.45) is 0 Å². The number of alkyl carbamates (subject to hydrolysis) is 1. The zero-order valence-corrected chi connectivity index (χ0v) is 15.5. The first-order valence-corrected chi connectivity index (χ1v) is 9.52. The Hall–Kier alpha value is -2.53. The van der Waals surface area contributed by atoms with Gasteiger partial charge >= 0.3 is 6.09 Å². The van der Waals surface area contributed by atoms with Crippen LogP contribution in [0.5, 0.6) is 5.75 Å². The molecule has 0 radical (unpaired) electrons. The van der Waals surface area contributed by atoms with E-state index >= 15 is 0 Å². The van der Waals surface area contributed by atoms with E-state index in [4.69, 9.17) is 9.47 Å². The van der Waals surface area contributed by atoms with Crippen LogP contribution < -0.4 is 10.1 Å². The van der Waals surface area contributed by atoms with Crippen LogP contribution in [-0.2, 0) is 18.0 Å². The Balaban J connectivity index is 1.43. The third kappa shape index (κ3) is 6.29. The van der Waals surface area contributed by atoms with Crippen molar-refractivity contribution in [3.05, 3.63) is 65.7 Å². The zero-order chi connectivity index (χ0) is 19.0. The van der Waals surface area contributed by atoms with E-state index in [1.54, 1.807) is 0 Å². The van der Waals surface area contributed by atoms with Crippen LogP contribution in [0.1, 0.15) is 43.2 Å². The smallest absolute Gasteiger partial charge is 0.407 e. The van der Waals surface area contributed by atoms with E-state index in [9.17, 15) is 9.90 Å². The predicted octanol–water partition coefficient (Wildman–Crippen LogP) is 4.19. The summed E-state index contributed by atoms with van der Waals surface area (Å²) >= 11 is 0. The fraction of sp³-hybridized carbons (Fsp3) is 0.409. The lowest BCUT2D eigenvalue weighted by Crippen LogP contribution is -2.44. The topological polar surface area (TPSA) is 67.8 Å². The van der Waals surface area contributed by atoms with Crippen LogP contribution in [0.4, 0.5) is 4.79 Å². The minimum absolute atomic E-state index is 0.160. The predicted molar refractivity (Wildman–Crippen MR) is 103 cm³/mol. The van der Waals surface area contributed by atoms with Gasteiger partial charge < -0.3 is 19.9 Å². The van der Waals surface area contributed by atoms with E-state index in [2.05, 4.69) is 5.32 Å². The third-order valence-electron chi connectivity index (χ3n) is 4.86. The summed E-state index contributed by atoms with van der Waals surface area (Å²) in [5.74, 6) is 0.733. The minimum Gasteiger partial charge on any atom is -0.489 e. The van der Waals surface area contributed by atoms with Crippen LogP contribution in [0.3, 0.4) is 0 Å². The quantitative estimate of drug-likeness (QED) is 0.768. The van der Waals surface area contributed by atoms with Gasteiger partial charge in [-0.15, -0.1) is 0 Å². The maximum absolute atomic E-state index is 11.9. The Labute approximate surface area is 160 Å². The fourth-order valence-electron chi connectivity index (χ4n) is 3.29. The van der Waals surface area contributed by atoms with Gasteiger partial charge in [0.25, 0.3) is 0 Å². The molecule has 3 rings (SSSR count). The van der Waals surface area contributed by atoms with Gasteiger partial charge in [-0.1, -0.05) is 61.7 Å². The minimum atomic E-state index is -0.789. The van der Waals surface area contributed by atoms with Crippen LogP contribution in [0.15, 0.2) is 54.6 Å². The van der Waals surface area contributed by atoms with Crippen molar-refractivity contribution >= 4 is 6.09 Å². The Morgan fingerprint density at radius 1 is 0.963 bits per heavy atom. The number of amides is 1. The summed E-state index contributed by atoms with van der Waals surface area (Å²) in [5.41, 5.74) is 1.16. The van der Waals surface area contributed by atoms with Crippen molar-refractivity contribution in [2.45, 2.75) is 50.9 Å². The SMILES string of the molecule is O=C(NCC1(O)CCCCC1)OCc1cccc(OCc2ccccc2)c1. The summed E-state index contributed by atoms with van der Waals surface area (Å²) in [4.78, 5) is 11.9. The summed E-state index contributed by atoms with van der Waals surface area (Å²) < 4.78 is 11.1. The fourth-order valence-corrected chi connectivity index (χ4v) is 3.29. The van der Waals surface area contributed by atoms with Gasteiger partial charge in [-0.2, -0.15) is 0 Å². The lowest BCUT2D eigenvalue weighted by atomic mass is 9.85.